The molecule has 1 heterocycles. The fraction of sp³-hybridized carbons (Fsp3) is 0.750. The second-order valence-electron chi connectivity index (χ2n) is 7.06. The van der Waals surface area contributed by atoms with Gasteiger partial charge in [0.15, 0.2) is 0 Å². The summed E-state index contributed by atoms with van der Waals surface area (Å²) in [7, 11) is 0. The highest BCUT2D eigenvalue weighted by Crippen LogP contribution is 2.27. The fourth-order valence-electron chi connectivity index (χ4n) is 3.08. The van der Waals surface area contributed by atoms with Crippen LogP contribution in [-0.4, -0.2) is 41.1 Å². The molecule has 1 N–H and O–H groups in total. The Morgan fingerprint density at radius 2 is 2.00 bits per heavy atom. The number of hydrogen-bond donors (Lipinski definition) is 1. The summed E-state index contributed by atoms with van der Waals surface area (Å²) in [6, 6.07) is 0.0596. The molecule has 1 fully saturated rings. The molecule has 0 aromatic carbocycles. The van der Waals surface area contributed by atoms with Crippen LogP contribution in [0.2, 0.25) is 0 Å². The largest absolute Gasteiger partial charge is 0.444 e. The Labute approximate surface area is 126 Å². The van der Waals surface area contributed by atoms with E-state index < -0.39 is 11.7 Å². The minimum absolute atomic E-state index is 0.0168. The molecular weight excluding hydrogens is 268 g/mol. The molecule has 2 atom stereocenters. The lowest BCUT2D eigenvalue weighted by molar-refractivity contribution is -0.127. The number of nitrogens with one attached hydrogen (secondary N) is 1. The second-order valence-corrected chi connectivity index (χ2v) is 7.06. The summed E-state index contributed by atoms with van der Waals surface area (Å²) < 4.78 is 5.33. The zero-order chi connectivity index (χ0) is 15.6. The summed E-state index contributed by atoms with van der Waals surface area (Å²) in [5, 5.41) is 2.96. The first-order valence-corrected chi connectivity index (χ1v) is 7.73. The predicted molar refractivity (Wildman–Crippen MR) is 80.9 cm³/mol. The number of rotatable bonds is 2. The highest BCUT2D eigenvalue weighted by atomic mass is 16.6. The van der Waals surface area contributed by atoms with Gasteiger partial charge in [-0.05, 0) is 46.1 Å². The maximum absolute atomic E-state index is 12.0. The van der Waals surface area contributed by atoms with Crippen LogP contribution in [0.1, 0.15) is 53.4 Å². The highest BCUT2D eigenvalue weighted by molar-refractivity contribution is 5.91. The van der Waals surface area contributed by atoms with E-state index in [2.05, 4.69) is 5.32 Å². The van der Waals surface area contributed by atoms with E-state index in [1.165, 1.54) is 0 Å². The quantitative estimate of drug-likeness (QED) is 0.851. The van der Waals surface area contributed by atoms with Crippen molar-refractivity contribution in [2.75, 3.05) is 6.54 Å². The number of carbonyl (C=O) groups excluding carboxylic acids is 2. The van der Waals surface area contributed by atoms with Crippen molar-refractivity contribution in [1.82, 2.24) is 10.2 Å². The summed E-state index contributed by atoms with van der Waals surface area (Å²) in [4.78, 5) is 25.9. The van der Waals surface area contributed by atoms with Crippen LogP contribution in [0.15, 0.2) is 11.6 Å². The molecule has 0 bridgehead atoms. The molecule has 0 radical (unpaired) electrons. The van der Waals surface area contributed by atoms with Crippen LogP contribution >= 0.6 is 0 Å². The number of ether oxygens (including phenoxy) is 1. The number of hydrogen-bond acceptors (Lipinski definition) is 3. The second kappa shape index (κ2) is 6.08. The van der Waals surface area contributed by atoms with Crippen molar-refractivity contribution in [2.45, 2.75) is 71.1 Å². The van der Waals surface area contributed by atoms with Gasteiger partial charge in [0.1, 0.15) is 5.60 Å². The van der Waals surface area contributed by atoms with Crippen LogP contribution in [0.4, 0.5) is 4.79 Å². The van der Waals surface area contributed by atoms with Gasteiger partial charge < -0.3 is 15.0 Å². The van der Waals surface area contributed by atoms with Gasteiger partial charge in [0, 0.05) is 12.6 Å². The Kier molecular flexibility index (Phi) is 4.59. The molecule has 0 aromatic rings. The van der Waals surface area contributed by atoms with Crippen LogP contribution < -0.4 is 5.32 Å². The van der Waals surface area contributed by atoms with Crippen LogP contribution in [0.25, 0.3) is 0 Å². The average molecular weight is 294 g/mol. The molecule has 0 aromatic heterocycles. The summed E-state index contributed by atoms with van der Waals surface area (Å²) in [5.74, 6) is 0.0652. The van der Waals surface area contributed by atoms with E-state index in [0.717, 1.165) is 31.3 Å². The predicted octanol–water partition coefficient (Wildman–Crippen LogP) is 2.61. The van der Waals surface area contributed by atoms with Gasteiger partial charge in [-0.3, -0.25) is 4.79 Å². The molecule has 2 aliphatic rings. The van der Waals surface area contributed by atoms with Crippen molar-refractivity contribution in [3.8, 4) is 0 Å². The standard InChI is InChI=1S/C16H26N2O3/c1-11-9-14(19)18(10-11)13-8-6-5-7-12(13)17-15(20)21-16(2,3)4/h9,12-13H,5-8,10H2,1-4H3,(H,17,20)/t12-,13-/m1/s1. The van der Waals surface area contributed by atoms with E-state index in [9.17, 15) is 9.59 Å². The molecular formula is C16H26N2O3. The van der Waals surface area contributed by atoms with Gasteiger partial charge in [-0.25, -0.2) is 4.79 Å². The van der Waals surface area contributed by atoms with Crippen LogP contribution in [-0.2, 0) is 9.53 Å². The Morgan fingerprint density at radius 1 is 1.33 bits per heavy atom. The number of alkyl carbamates (subject to hydrolysis) is 1. The van der Waals surface area contributed by atoms with Crippen LogP contribution in [0.5, 0.6) is 0 Å². The van der Waals surface area contributed by atoms with Gasteiger partial charge in [-0.15, -0.1) is 0 Å². The fourth-order valence-corrected chi connectivity index (χ4v) is 3.08. The van der Waals surface area contributed by atoms with Gasteiger partial charge in [-0.1, -0.05) is 12.8 Å². The Balaban J connectivity index is 1.99. The Hall–Kier alpha value is -1.52. The number of carbonyl (C=O) groups is 2. The zero-order valence-corrected chi connectivity index (χ0v) is 13.4. The van der Waals surface area contributed by atoms with Crippen molar-refractivity contribution in [2.24, 2.45) is 0 Å². The number of nitrogens with zero attached hydrogens (tertiary/aromatic N) is 1. The molecule has 1 aliphatic heterocycles. The maximum Gasteiger partial charge on any atom is 0.407 e. The molecule has 0 spiro atoms. The zero-order valence-electron chi connectivity index (χ0n) is 13.4. The summed E-state index contributed by atoms with van der Waals surface area (Å²) in [6.45, 7) is 8.19. The molecule has 0 saturated heterocycles. The molecule has 21 heavy (non-hydrogen) atoms. The van der Waals surface area contributed by atoms with Crippen molar-refractivity contribution in [1.29, 1.82) is 0 Å². The normalized spacial score (nSPS) is 26.6. The average Bonchev–Trinajstić information content (AvgIpc) is 2.66. The molecule has 1 saturated carbocycles. The maximum atomic E-state index is 12.0. The Bertz CT molecular complexity index is 451. The third kappa shape index (κ3) is 4.22. The molecule has 2 rings (SSSR count). The minimum atomic E-state index is -0.504. The van der Waals surface area contributed by atoms with Crippen molar-refractivity contribution >= 4 is 12.0 Å². The lowest BCUT2D eigenvalue weighted by Gasteiger charge is -2.38. The van der Waals surface area contributed by atoms with Crippen molar-refractivity contribution in [3.05, 3.63) is 11.6 Å². The Morgan fingerprint density at radius 3 is 2.57 bits per heavy atom. The van der Waals surface area contributed by atoms with Gasteiger partial charge in [-0.2, -0.15) is 0 Å². The van der Waals surface area contributed by atoms with Gasteiger partial charge in [0.2, 0.25) is 5.91 Å². The van der Waals surface area contributed by atoms with E-state index in [1.807, 2.05) is 32.6 Å². The molecule has 5 nitrogen and oxygen atoms in total. The van der Waals surface area contributed by atoms with Gasteiger partial charge in [0.25, 0.3) is 0 Å². The third-order valence-electron chi connectivity index (χ3n) is 3.90. The summed E-state index contributed by atoms with van der Waals surface area (Å²) in [6.07, 6.45) is 5.31. The monoisotopic (exact) mass is 294 g/mol. The lowest BCUT2D eigenvalue weighted by Crippen LogP contribution is -2.54. The number of amides is 2. The molecule has 118 valence electrons. The van der Waals surface area contributed by atoms with Gasteiger partial charge in [0.05, 0.1) is 12.1 Å². The smallest absolute Gasteiger partial charge is 0.407 e. The first-order chi connectivity index (χ1) is 9.76. The molecule has 2 amide bonds. The molecule has 1 aliphatic carbocycles. The minimum Gasteiger partial charge on any atom is -0.444 e. The molecule has 5 heteroatoms. The highest BCUT2D eigenvalue weighted by Gasteiger charge is 2.36. The lowest BCUT2D eigenvalue weighted by atomic mass is 9.89. The summed E-state index contributed by atoms with van der Waals surface area (Å²) in [5.41, 5.74) is 0.581. The summed E-state index contributed by atoms with van der Waals surface area (Å²) >= 11 is 0. The van der Waals surface area contributed by atoms with E-state index >= 15 is 0 Å². The van der Waals surface area contributed by atoms with Crippen molar-refractivity contribution in [3.63, 3.8) is 0 Å². The van der Waals surface area contributed by atoms with Crippen molar-refractivity contribution < 1.29 is 14.3 Å². The van der Waals surface area contributed by atoms with E-state index in [0.29, 0.717) is 6.54 Å². The first-order valence-electron chi connectivity index (χ1n) is 7.73. The topological polar surface area (TPSA) is 58.6 Å². The SMILES string of the molecule is CC1=CC(=O)N([C@@H]2CCCC[C@H]2NC(=O)OC(C)(C)C)C1. The van der Waals surface area contributed by atoms with Gasteiger partial charge >= 0.3 is 6.09 Å². The molecule has 0 unspecified atom stereocenters. The first kappa shape index (κ1) is 15.9. The third-order valence-corrected chi connectivity index (χ3v) is 3.90. The van der Waals surface area contributed by atoms with Crippen LogP contribution in [0.3, 0.4) is 0 Å². The van der Waals surface area contributed by atoms with E-state index in [1.54, 1.807) is 6.08 Å². The van der Waals surface area contributed by atoms with E-state index in [4.69, 9.17) is 4.74 Å². The van der Waals surface area contributed by atoms with E-state index in [-0.39, 0.29) is 18.0 Å². The van der Waals surface area contributed by atoms with Crippen LogP contribution in [0, 0.1) is 0 Å².